The van der Waals surface area contributed by atoms with Gasteiger partial charge in [0.1, 0.15) is 6.61 Å². The van der Waals surface area contributed by atoms with Crippen LogP contribution < -0.4 is 5.73 Å². The van der Waals surface area contributed by atoms with Gasteiger partial charge in [0.25, 0.3) is 0 Å². The van der Waals surface area contributed by atoms with Gasteiger partial charge < -0.3 is 20.1 Å². The average Bonchev–Trinajstić information content (AvgIpc) is 3.42. The molecular formula is C67H128NO8P. The number of hydrogen-bond donors (Lipinski definition) is 2. The number of ether oxygens (including phenoxy) is 2. The predicted octanol–water partition coefficient (Wildman–Crippen LogP) is 21.5. The second-order valence-corrected chi connectivity index (χ2v) is 24.2. The van der Waals surface area contributed by atoms with Crippen LogP contribution in [-0.2, 0) is 32.7 Å². The second-order valence-electron chi connectivity index (χ2n) is 22.7. The summed E-state index contributed by atoms with van der Waals surface area (Å²) >= 11 is 0. The number of hydrogen-bond acceptors (Lipinski definition) is 8. The van der Waals surface area contributed by atoms with Gasteiger partial charge in [-0.2, -0.15) is 0 Å². The summed E-state index contributed by atoms with van der Waals surface area (Å²) in [6.45, 7) is 3.79. The summed E-state index contributed by atoms with van der Waals surface area (Å²) in [4.78, 5) is 35.3. The molecule has 0 saturated heterocycles. The number of allylic oxidation sites excluding steroid dienone is 6. The summed E-state index contributed by atoms with van der Waals surface area (Å²) in [5.74, 6) is -0.819. The van der Waals surface area contributed by atoms with E-state index in [4.69, 9.17) is 24.3 Å². The molecule has 2 atom stereocenters. The van der Waals surface area contributed by atoms with E-state index in [1.165, 1.54) is 257 Å². The van der Waals surface area contributed by atoms with Crippen LogP contribution in [0.4, 0.5) is 0 Å². The first kappa shape index (κ1) is 75.2. The predicted molar refractivity (Wildman–Crippen MR) is 330 cm³/mol. The minimum Gasteiger partial charge on any atom is -0.462 e. The minimum absolute atomic E-state index is 0.0532. The normalized spacial score (nSPS) is 13.1. The van der Waals surface area contributed by atoms with Crippen LogP contribution in [0, 0.1) is 0 Å². The third-order valence-electron chi connectivity index (χ3n) is 15.0. The topological polar surface area (TPSA) is 134 Å². The Bertz CT molecular complexity index is 1350. The van der Waals surface area contributed by atoms with Crippen molar-refractivity contribution in [2.75, 3.05) is 26.4 Å². The highest BCUT2D eigenvalue weighted by Gasteiger charge is 2.26. The van der Waals surface area contributed by atoms with Crippen LogP contribution in [0.5, 0.6) is 0 Å². The molecule has 454 valence electrons. The molecule has 0 aromatic heterocycles. The molecule has 0 aliphatic heterocycles. The molecule has 2 unspecified atom stereocenters. The zero-order chi connectivity index (χ0) is 55.9. The van der Waals surface area contributed by atoms with Crippen molar-refractivity contribution in [2.45, 2.75) is 354 Å². The molecule has 0 aromatic carbocycles. The molecule has 0 saturated carbocycles. The lowest BCUT2D eigenvalue weighted by Gasteiger charge is -2.19. The fraction of sp³-hybridized carbons (Fsp3) is 0.881. The Hall–Kier alpha value is -1.77. The Morgan fingerprint density at radius 2 is 0.675 bits per heavy atom. The summed E-state index contributed by atoms with van der Waals surface area (Å²) in [5, 5.41) is 0. The van der Waals surface area contributed by atoms with Crippen LogP contribution in [0.1, 0.15) is 348 Å². The standard InChI is InChI=1S/C67H128NO8P/c1-3-5-7-9-11-13-15-17-19-21-23-25-27-28-29-30-31-32-33-34-35-36-38-39-41-43-45-47-49-51-53-55-57-59-66(69)73-63-65(64-75-77(71,72)74-62-61-68)76-67(70)60-58-56-54-52-50-48-46-44-42-40-37-26-24-22-20-18-16-14-12-10-8-6-4-2/h16,18,22,24,37,40,65H,3-15,17,19-21,23,25-36,38-39,41-64,68H2,1-2H3,(H,71,72)/b18-16-,24-22-,40-37-. The Morgan fingerprint density at radius 1 is 0.390 bits per heavy atom. The van der Waals surface area contributed by atoms with Crippen molar-refractivity contribution in [3.8, 4) is 0 Å². The number of nitrogens with two attached hydrogens (primary N) is 1. The van der Waals surface area contributed by atoms with Gasteiger partial charge in [0.2, 0.25) is 0 Å². The summed E-state index contributed by atoms with van der Waals surface area (Å²) in [6.07, 6.45) is 78.1. The molecule has 0 fully saturated rings. The van der Waals surface area contributed by atoms with Crippen molar-refractivity contribution in [3.63, 3.8) is 0 Å². The molecule has 0 radical (unpaired) electrons. The van der Waals surface area contributed by atoms with E-state index in [1.54, 1.807) is 0 Å². The average molecular weight is 1110 g/mol. The van der Waals surface area contributed by atoms with Crippen molar-refractivity contribution in [1.29, 1.82) is 0 Å². The first-order valence-electron chi connectivity index (χ1n) is 33.5. The Kier molecular flexibility index (Phi) is 62.0. The summed E-state index contributed by atoms with van der Waals surface area (Å²) in [6, 6.07) is 0. The highest BCUT2D eigenvalue weighted by molar-refractivity contribution is 7.47. The van der Waals surface area contributed by atoms with Gasteiger partial charge in [-0.1, -0.05) is 320 Å². The minimum atomic E-state index is -4.39. The summed E-state index contributed by atoms with van der Waals surface area (Å²) in [7, 11) is -4.39. The number of unbranched alkanes of at least 4 members (excludes halogenated alkanes) is 45. The Morgan fingerprint density at radius 3 is 1.00 bits per heavy atom. The highest BCUT2D eigenvalue weighted by Crippen LogP contribution is 2.43. The third kappa shape index (κ3) is 63.3. The number of carbonyl (C=O) groups is 2. The third-order valence-corrected chi connectivity index (χ3v) is 16.0. The Balaban J connectivity index is 3.84. The van der Waals surface area contributed by atoms with Gasteiger partial charge in [0.05, 0.1) is 13.2 Å². The van der Waals surface area contributed by atoms with Crippen molar-refractivity contribution < 1.29 is 37.6 Å². The van der Waals surface area contributed by atoms with Crippen LogP contribution in [0.3, 0.4) is 0 Å². The molecule has 0 bridgehead atoms. The van der Waals surface area contributed by atoms with Crippen molar-refractivity contribution in [1.82, 2.24) is 0 Å². The SMILES string of the molecule is CCCCCCC/C=C\C/C=C\C/C=C\CCCCCCCCCCC(=O)OC(COC(=O)CCCCCCCCCCCCCCCCCCCCCCCCCCCCCCCCCCC)COP(=O)(O)OCCN. The van der Waals surface area contributed by atoms with Crippen LogP contribution in [0.25, 0.3) is 0 Å². The molecule has 0 rings (SSSR count). The van der Waals surface area contributed by atoms with Gasteiger partial charge in [-0.15, -0.1) is 0 Å². The van der Waals surface area contributed by atoms with E-state index in [-0.39, 0.29) is 38.6 Å². The van der Waals surface area contributed by atoms with Gasteiger partial charge in [-0.3, -0.25) is 18.6 Å². The quantitative estimate of drug-likeness (QED) is 0.0264. The summed E-state index contributed by atoms with van der Waals surface area (Å²) in [5.41, 5.74) is 5.39. The smallest absolute Gasteiger partial charge is 0.462 e. The lowest BCUT2D eigenvalue weighted by molar-refractivity contribution is -0.161. The molecule has 0 aliphatic rings. The maximum atomic E-state index is 12.7. The number of carbonyl (C=O) groups excluding carboxylic acids is 2. The van der Waals surface area contributed by atoms with Crippen LogP contribution >= 0.6 is 7.82 Å². The maximum Gasteiger partial charge on any atom is 0.472 e. The molecule has 0 aliphatic carbocycles. The molecule has 0 aromatic rings. The monoisotopic (exact) mass is 1110 g/mol. The van der Waals surface area contributed by atoms with Gasteiger partial charge >= 0.3 is 19.8 Å². The fourth-order valence-corrected chi connectivity index (χ4v) is 10.8. The first-order valence-corrected chi connectivity index (χ1v) is 35.0. The fourth-order valence-electron chi connectivity index (χ4n) is 10.1. The number of esters is 2. The van der Waals surface area contributed by atoms with Crippen LogP contribution in [0.15, 0.2) is 36.5 Å². The lowest BCUT2D eigenvalue weighted by atomic mass is 10.0. The van der Waals surface area contributed by atoms with Crippen molar-refractivity contribution >= 4 is 19.8 Å². The summed E-state index contributed by atoms with van der Waals surface area (Å²) < 4.78 is 33.1. The van der Waals surface area contributed by atoms with E-state index < -0.39 is 26.5 Å². The van der Waals surface area contributed by atoms with Gasteiger partial charge in [0, 0.05) is 19.4 Å². The number of phosphoric acid groups is 1. The highest BCUT2D eigenvalue weighted by atomic mass is 31.2. The first-order chi connectivity index (χ1) is 37.8. The van der Waals surface area contributed by atoms with Crippen LogP contribution in [-0.4, -0.2) is 49.3 Å². The van der Waals surface area contributed by atoms with Crippen molar-refractivity contribution in [3.05, 3.63) is 36.5 Å². The molecular weight excluding hydrogens is 978 g/mol. The van der Waals surface area contributed by atoms with E-state index >= 15 is 0 Å². The molecule has 3 N–H and O–H groups in total. The zero-order valence-corrected chi connectivity index (χ0v) is 51.9. The largest absolute Gasteiger partial charge is 0.472 e. The van der Waals surface area contributed by atoms with E-state index in [2.05, 4.69) is 50.3 Å². The lowest BCUT2D eigenvalue weighted by Crippen LogP contribution is -2.29. The van der Waals surface area contributed by atoms with Gasteiger partial charge in [-0.05, 0) is 51.4 Å². The number of phosphoric ester groups is 1. The second kappa shape index (κ2) is 63.4. The molecule has 0 spiro atoms. The molecule has 10 heteroatoms. The van der Waals surface area contributed by atoms with E-state index in [0.717, 1.165) is 57.8 Å². The maximum absolute atomic E-state index is 12.7. The zero-order valence-electron chi connectivity index (χ0n) is 51.0. The molecule has 77 heavy (non-hydrogen) atoms. The van der Waals surface area contributed by atoms with Gasteiger partial charge in [0.15, 0.2) is 6.10 Å². The molecule has 9 nitrogen and oxygen atoms in total. The van der Waals surface area contributed by atoms with E-state index in [9.17, 15) is 19.0 Å². The molecule has 0 heterocycles. The number of rotatable bonds is 64. The van der Waals surface area contributed by atoms with Crippen LogP contribution in [0.2, 0.25) is 0 Å². The van der Waals surface area contributed by atoms with E-state index in [0.29, 0.717) is 6.42 Å². The Labute approximate surface area is 477 Å². The molecule has 0 amide bonds. The van der Waals surface area contributed by atoms with E-state index in [1.807, 2.05) is 0 Å². The van der Waals surface area contributed by atoms with Gasteiger partial charge in [-0.25, -0.2) is 4.57 Å². The van der Waals surface area contributed by atoms with Crippen molar-refractivity contribution in [2.24, 2.45) is 5.73 Å².